The molecule has 1 aliphatic rings. The van der Waals surface area contributed by atoms with Crippen molar-refractivity contribution in [2.24, 2.45) is 0 Å². The minimum Gasteiger partial charge on any atom is -0.348 e. The summed E-state index contributed by atoms with van der Waals surface area (Å²) in [7, 11) is -3.65. The topological polar surface area (TPSA) is 66.5 Å². The van der Waals surface area contributed by atoms with Crippen LogP contribution in [0.1, 0.15) is 41.6 Å². The zero-order chi connectivity index (χ0) is 20.5. The first-order valence-electron chi connectivity index (χ1n) is 9.30. The third kappa shape index (κ3) is 4.50. The minimum atomic E-state index is -3.65. The van der Waals surface area contributed by atoms with Crippen LogP contribution < -0.4 is 9.62 Å². The molecule has 0 unspecified atom stereocenters. The maximum atomic E-state index is 12.6. The van der Waals surface area contributed by atoms with Crippen LogP contribution in [0.15, 0.2) is 36.4 Å². The molecule has 0 aromatic heterocycles. The lowest BCUT2D eigenvalue weighted by Gasteiger charge is -2.25. The predicted octanol–water partition coefficient (Wildman–Crippen LogP) is 3.78. The number of amides is 1. The molecule has 2 aromatic rings. The van der Waals surface area contributed by atoms with Gasteiger partial charge in [0, 0.05) is 5.02 Å². The Hall–Kier alpha value is -2.05. The standard InChI is InChI=1S/C21H25ClN2O3S/c1-14-19(22)8-5-9-20(14)24(28(3,26)27)13-21(25)23-15(2)17-11-10-16-6-4-7-18(16)12-17/h5,8-12,15H,4,6-7,13H2,1-3H3,(H,23,25)/t15-/m0/s1. The van der Waals surface area contributed by atoms with Crippen LogP contribution in [0.5, 0.6) is 0 Å². The van der Waals surface area contributed by atoms with Gasteiger partial charge in [-0.25, -0.2) is 8.42 Å². The highest BCUT2D eigenvalue weighted by Gasteiger charge is 2.24. The molecule has 28 heavy (non-hydrogen) atoms. The molecule has 2 aromatic carbocycles. The zero-order valence-corrected chi connectivity index (χ0v) is 17.9. The zero-order valence-electron chi connectivity index (χ0n) is 16.3. The molecule has 1 N–H and O–H groups in total. The van der Waals surface area contributed by atoms with Crippen molar-refractivity contribution in [2.45, 2.75) is 39.2 Å². The Morgan fingerprint density at radius 2 is 1.93 bits per heavy atom. The molecule has 7 heteroatoms. The Morgan fingerprint density at radius 1 is 1.21 bits per heavy atom. The van der Waals surface area contributed by atoms with E-state index in [0.29, 0.717) is 16.3 Å². The Morgan fingerprint density at radius 3 is 2.64 bits per heavy atom. The molecule has 1 atom stereocenters. The summed E-state index contributed by atoms with van der Waals surface area (Å²) in [5, 5.41) is 3.37. The molecule has 0 bridgehead atoms. The lowest BCUT2D eigenvalue weighted by atomic mass is 10.0. The second kappa shape index (κ2) is 8.13. The van der Waals surface area contributed by atoms with E-state index in [-0.39, 0.29) is 18.5 Å². The second-order valence-electron chi connectivity index (χ2n) is 7.32. The fraction of sp³-hybridized carbons (Fsp3) is 0.381. The molecule has 0 fully saturated rings. The van der Waals surface area contributed by atoms with Gasteiger partial charge in [0.15, 0.2) is 0 Å². The SMILES string of the molecule is Cc1c(Cl)cccc1N(CC(=O)N[C@@H](C)c1ccc2c(c1)CCC2)S(C)(=O)=O. The molecule has 0 heterocycles. The number of fused-ring (bicyclic) bond motifs is 1. The summed E-state index contributed by atoms with van der Waals surface area (Å²) in [6.45, 7) is 3.35. The quantitative estimate of drug-likeness (QED) is 0.773. The number of nitrogens with zero attached hydrogens (tertiary/aromatic N) is 1. The number of carbonyl (C=O) groups excluding carboxylic acids is 1. The summed E-state index contributed by atoms with van der Waals surface area (Å²) in [6.07, 6.45) is 4.44. The normalized spacial score (nSPS) is 14.4. The van der Waals surface area contributed by atoms with E-state index >= 15 is 0 Å². The Bertz CT molecular complexity index is 1000. The van der Waals surface area contributed by atoms with E-state index in [1.807, 2.05) is 13.0 Å². The summed E-state index contributed by atoms with van der Waals surface area (Å²) in [5.74, 6) is -0.363. The van der Waals surface area contributed by atoms with Gasteiger partial charge in [0.2, 0.25) is 15.9 Å². The fourth-order valence-electron chi connectivity index (χ4n) is 3.61. The highest BCUT2D eigenvalue weighted by Crippen LogP contribution is 2.28. The maximum Gasteiger partial charge on any atom is 0.241 e. The van der Waals surface area contributed by atoms with Crippen molar-refractivity contribution >= 4 is 33.2 Å². The monoisotopic (exact) mass is 420 g/mol. The number of anilines is 1. The predicted molar refractivity (Wildman–Crippen MR) is 113 cm³/mol. The Balaban J connectivity index is 1.76. The lowest BCUT2D eigenvalue weighted by molar-refractivity contribution is -0.120. The van der Waals surface area contributed by atoms with E-state index in [2.05, 4.69) is 17.4 Å². The third-order valence-corrected chi connectivity index (χ3v) is 6.73. The molecule has 0 radical (unpaired) electrons. The van der Waals surface area contributed by atoms with E-state index in [0.717, 1.165) is 29.0 Å². The van der Waals surface area contributed by atoms with Gasteiger partial charge in [-0.2, -0.15) is 0 Å². The Kier molecular flexibility index (Phi) is 6.01. The van der Waals surface area contributed by atoms with Crippen LogP contribution in [-0.4, -0.2) is 27.1 Å². The van der Waals surface area contributed by atoms with Crippen LogP contribution in [0.25, 0.3) is 0 Å². The summed E-state index contributed by atoms with van der Waals surface area (Å²) in [5.41, 5.74) is 4.77. The van der Waals surface area contributed by atoms with Crippen LogP contribution in [0.4, 0.5) is 5.69 Å². The lowest BCUT2D eigenvalue weighted by Crippen LogP contribution is -2.41. The van der Waals surface area contributed by atoms with Crippen LogP contribution in [0.2, 0.25) is 5.02 Å². The van der Waals surface area contributed by atoms with E-state index < -0.39 is 10.0 Å². The number of benzene rings is 2. The van der Waals surface area contributed by atoms with Crippen LogP contribution in [0, 0.1) is 6.92 Å². The van der Waals surface area contributed by atoms with Crippen molar-refractivity contribution in [3.05, 3.63) is 63.7 Å². The average Bonchev–Trinajstić information content (AvgIpc) is 3.09. The number of halogens is 1. The number of hydrogen-bond donors (Lipinski definition) is 1. The van der Waals surface area contributed by atoms with Crippen LogP contribution in [-0.2, 0) is 27.7 Å². The van der Waals surface area contributed by atoms with Gasteiger partial charge < -0.3 is 5.32 Å². The van der Waals surface area contributed by atoms with Gasteiger partial charge in [-0.3, -0.25) is 9.10 Å². The summed E-state index contributed by atoms with van der Waals surface area (Å²) in [6, 6.07) is 11.1. The molecule has 1 aliphatic carbocycles. The second-order valence-corrected chi connectivity index (χ2v) is 9.64. The number of nitrogens with one attached hydrogen (secondary N) is 1. The molecule has 0 aliphatic heterocycles. The van der Waals surface area contributed by atoms with Gasteiger partial charge >= 0.3 is 0 Å². The van der Waals surface area contributed by atoms with Crippen molar-refractivity contribution < 1.29 is 13.2 Å². The highest BCUT2D eigenvalue weighted by atomic mass is 35.5. The molecule has 0 saturated heterocycles. The first-order chi connectivity index (χ1) is 13.2. The van der Waals surface area contributed by atoms with E-state index in [4.69, 9.17) is 11.6 Å². The van der Waals surface area contributed by atoms with Crippen molar-refractivity contribution in [3.8, 4) is 0 Å². The summed E-state index contributed by atoms with van der Waals surface area (Å²) < 4.78 is 25.7. The first kappa shape index (κ1) is 20.7. The molecule has 1 amide bonds. The number of carbonyl (C=O) groups is 1. The van der Waals surface area contributed by atoms with Gasteiger partial charge in [0.05, 0.1) is 18.0 Å². The van der Waals surface area contributed by atoms with Crippen LogP contribution in [0.3, 0.4) is 0 Å². The van der Waals surface area contributed by atoms with E-state index in [9.17, 15) is 13.2 Å². The number of hydrogen-bond acceptors (Lipinski definition) is 3. The Labute approximate surface area is 171 Å². The van der Waals surface area contributed by atoms with Gasteiger partial charge in [0.25, 0.3) is 0 Å². The average molecular weight is 421 g/mol. The van der Waals surface area contributed by atoms with Crippen molar-refractivity contribution in [2.75, 3.05) is 17.1 Å². The minimum absolute atomic E-state index is 0.208. The number of aryl methyl sites for hydroxylation is 2. The summed E-state index contributed by atoms with van der Waals surface area (Å²) >= 11 is 6.13. The van der Waals surface area contributed by atoms with E-state index in [1.54, 1.807) is 25.1 Å². The molecule has 0 saturated carbocycles. The molecular formula is C21H25ClN2O3S. The van der Waals surface area contributed by atoms with Gasteiger partial charge in [0.1, 0.15) is 6.54 Å². The molecule has 150 valence electrons. The summed E-state index contributed by atoms with van der Waals surface area (Å²) in [4.78, 5) is 12.6. The van der Waals surface area contributed by atoms with Gasteiger partial charge in [-0.15, -0.1) is 0 Å². The largest absolute Gasteiger partial charge is 0.348 e. The van der Waals surface area contributed by atoms with Crippen molar-refractivity contribution in [1.82, 2.24) is 5.32 Å². The number of rotatable bonds is 6. The van der Waals surface area contributed by atoms with Crippen molar-refractivity contribution in [1.29, 1.82) is 0 Å². The van der Waals surface area contributed by atoms with Crippen LogP contribution >= 0.6 is 11.6 Å². The highest BCUT2D eigenvalue weighted by molar-refractivity contribution is 7.92. The van der Waals surface area contributed by atoms with Gasteiger partial charge in [-0.05, 0) is 67.5 Å². The first-order valence-corrected chi connectivity index (χ1v) is 11.5. The smallest absolute Gasteiger partial charge is 0.241 e. The van der Waals surface area contributed by atoms with E-state index in [1.165, 1.54) is 17.5 Å². The van der Waals surface area contributed by atoms with Gasteiger partial charge in [-0.1, -0.05) is 35.9 Å². The molecule has 3 rings (SSSR count). The number of sulfonamides is 1. The van der Waals surface area contributed by atoms with Crippen molar-refractivity contribution in [3.63, 3.8) is 0 Å². The fourth-order valence-corrected chi connectivity index (χ4v) is 4.69. The third-order valence-electron chi connectivity index (χ3n) is 5.20. The maximum absolute atomic E-state index is 12.6. The molecular weight excluding hydrogens is 396 g/mol. The molecule has 5 nitrogen and oxygen atoms in total. The molecule has 0 spiro atoms.